The molecular formula is C15H16Cl3NO2. The zero-order valence-electron chi connectivity index (χ0n) is 11.5. The van der Waals surface area contributed by atoms with Gasteiger partial charge in [0.25, 0.3) is 0 Å². The molecule has 1 atom stereocenters. The molecule has 0 fully saturated rings. The molecule has 0 saturated heterocycles. The van der Waals surface area contributed by atoms with E-state index in [0.29, 0.717) is 15.8 Å². The van der Waals surface area contributed by atoms with Gasteiger partial charge in [0.2, 0.25) is 0 Å². The van der Waals surface area contributed by atoms with E-state index in [9.17, 15) is 0 Å². The number of furan rings is 1. The molecule has 0 amide bonds. The first-order chi connectivity index (χ1) is 9.63. The molecule has 2 heterocycles. The van der Waals surface area contributed by atoms with E-state index >= 15 is 0 Å². The van der Waals surface area contributed by atoms with Crippen molar-refractivity contribution in [3.05, 3.63) is 51.9 Å². The van der Waals surface area contributed by atoms with Gasteiger partial charge in [0, 0.05) is 23.6 Å². The van der Waals surface area contributed by atoms with E-state index in [4.69, 9.17) is 32.4 Å². The molecule has 0 spiro atoms. The Kier molecular flexibility index (Phi) is 5.44. The minimum Gasteiger partial charge on any atom is -0.484 e. The summed E-state index contributed by atoms with van der Waals surface area (Å²) < 4.78 is 11.6. The van der Waals surface area contributed by atoms with Crippen molar-refractivity contribution in [2.45, 2.75) is 19.1 Å². The summed E-state index contributed by atoms with van der Waals surface area (Å²) in [5.41, 5.74) is 1.10. The van der Waals surface area contributed by atoms with Crippen LogP contribution in [0.2, 0.25) is 10.0 Å². The molecule has 2 aromatic rings. The molecular weight excluding hydrogens is 333 g/mol. The van der Waals surface area contributed by atoms with Gasteiger partial charge in [-0.1, -0.05) is 23.2 Å². The monoisotopic (exact) mass is 347 g/mol. The van der Waals surface area contributed by atoms with E-state index in [-0.39, 0.29) is 18.5 Å². The van der Waals surface area contributed by atoms with Gasteiger partial charge in [-0.15, -0.1) is 12.4 Å². The predicted octanol–water partition coefficient (Wildman–Crippen LogP) is 4.96. The Hall–Kier alpha value is -0.870. The predicted molar refractivity (Wildman–Crippen MR) is 86.7 cm³/mol. The van der Waals surface area contributed by atoms with Crippen LogP contribution in [0.5, 0.6) is 5.75 Å². The Bertz CT molecular complexity index is 615. The number of rotatable bonds is 2. The fourth-order valence-corrected chi connectivity index (χ4v) is 2.88. The van der Waals surface area contributed by atoms with E-state index < -0.39 is 0 Å². The van der Waals surface area contributed by atoms with Crippen molar-refractivity contribution in [2.24, 2.45) is 0 Å². The van der Waals surface area contributed by atoms with Crippen LogP contribution in [0.3, 0.4) is 0 Å². The molecule has 1 aliphatic rings. The number of ether oxygens (including phenoxy) is 1. The SMILES string of the molecule is CN1CCC(Oc2ccc(Cl)cc2Cl)c2ccoc2C1.Cl. The Morgan fingerprint density at radius 3 is 2.86 bits per heavy atom. The summed E-state index contributed by atoms with van der Waals surface area (Å²) >= 11 is 12.1. The number of hydrogen-bond donors (Lipinski definition) is 0. The van der Waals surface area contributed by atoms with E-state index in [1.807, 2.05) is 6.07 Å². The lowest BCUT2D eigenvalue weighted by Gasteiger charge is -2.18. The molecule has 1 aliphatic heterocycles. The van der Waals surface area contributed by atoms with Gasteiger partial charge in [0.05, 0.1) is 17.8 Å². The van der Waals surface area contributed by atoms with Crippen LogP contribution in [-0.4, -0.2) is 18.5 Å². The second-order valence-electron chi connectivity index (χ2n) is 5.01. The third kappa shape index (κ3) is 3.67. The lowest BCUT2D eigenvalue weighted by atomic mass is 10.1. The highest BCUT2D eigenvalue weighted by Gasteiger charge is 2.25. The number of nitrogens with zero attached hydrogens (tertiary/aromatic N) is 1. The Morgan fingerprint density at radius 1 is 1.29 bits per heavy atom. The number of benzene rings is 1. The van der Waals surface area contributed by atoms with Crippen LogP contribution in [0.1, 0.15) is 23.8 Å². The van der Waals surface area contributed by atoms with Crippen molar-refractivity contribution in [1.29, 1.82) is 0 Å². The molecule has 6 heteroatoms. The molecule has 0 N–H and O–H groups in total. The third-order valence-corrected chi connectivity index (χ3v) is 4.01. The Balaban J connectivity index is 0.00000161. The molecule has 0 bridgehead atoms. The Morgan fingerprint density at radius 2 is 2.10 bits per heavy atom. The van der Waals surface area contributed by atoms with Crippen LogP contribution < -0.4 is 4.74 Å². The van der Waals surface area contributed by atoms with Crippen molar-refractivity contribution in [1.82, 2.24) is 4.90 Å². The van der Waals surface area contributed by atoms with Crippen LogP contribution in [-0.2, 0) is 6.54 Å². The second kappa shape index (κ2) is 6.93. The topological polar surface area (TPSA) is 25.6 Å². The van der Waals surface area contributed by atoms with Gasteiger partial charge in [0.15, 0.2) is 0 Å². The lowest BCUT2D eigenvalue weighted by molar-refractivity contribution is 0.183. The van der Waals surface area contributed by atoms with E-state index in [1.54, 1.807) is 24.5 Å². The van der Waals surface area contributed by atoms with E-state index in [1.165, 1.54) is 0 Å². The maximum absolute atomic E-state index is 6.18. The molecule has 1 aromatic heterocycles. The second-order valence-corrected chi connectivity index (χ2v) is 5.85. The van der Waals surface area contributed by atoms with E-state index in [0.717, 1.165) is 30.8 Å². The molecule has 114 valence electrons. The zero-order chi connectivity index (χ0) is 14.1. The summed E-state index contributed by atoms with van der Waals surface area (Å²) in [6, 6.07) is 7.25. The van der Waals surface area contributed by atoms with Crippen molar-refractivity contribution >= 4 is 35.6 Å². The highest BCUT2D eigenvalue weighted by atomic mass is 35.5. The summed E-state index contributed by atoms with van der Waals surface area (Å²) in [6.07, 6.45) is 2.55. The van der Waals surface area contributed by atoms with Gasteiger partial charge in [-0.05, 0) is 31.3 Å². The molecule has 1 aromatic carbocycles. The van der Waals surface area contributed by atoms with Crippen LogP contribution in [0.25, 0.3) is 0 Å². The molecule has 0 aliphatic carbocycles. The van der Waals surface area contributed by atoms with Crippen molar-refractivity contribution in [3.63, 3.8) is 0 Å². The van der Waals surface area contributed by atoms with Crippen molar-refractivity contribution in [2.75, 3.05) is 13.6 Å². The maximum Gasteiger partial charge on any atom is 0.138 e. The number of hydrogen-bond acceptors (Lipinski definition) is 3. The fraction of sp³-hybridized carbons (Fsp3) is 0.333. The summed E-state index contributed by atoms with van der Waals surface area (Å²) in [5, 5.41) is 1.13. The van der Waals surface area contributed by atoms with Gasteiger partial charge >= 0.3 is 0 Å². The van der Waals surface area contributed by atoms with Gasteiger partial charge in [-0.25, -0.2) is 0 Å². The minimum absolute atomic E-state index is 0. The van der Waals surface area contributed by atoms with Gasteiger partial charge in [-0.2, -0.15) is 0 Å². The maximum atomic E-state index is 6.18. The summed E-state index contributed by atoms with van der Waals surface area (Å²) in [5.74, 6) is 1.61. The standard InChI is InChI=1S/C15H15Cl2NO2.ClH/c1-18-6-4-13(11-5-7-19-15(11)9-18)20-14-3-2-10(16)8-12(14)17;/h2-3,5,7-8,13H,4,6,9H2,1H3;1H. The van der Waals surface area contributed by atoms with Crippen LogP contribution in [0.4, 0.5) is 0 Å². The highest BCUT2D eigenvalue weighted by molar-refractivity contribution is 6.35. The summed E-state index contributed by atoms with van der Waals surface area (Å²) in [7, 11) is 2.07. The largest absolute Gasteiger partial charge is 0.484 e. The van der Waals surface area contributed by atoms with Gasteiger partial charge in [-0.3, -0.25) is 4.90 Å². The fourth-order valence-electron chi connectivity index (χ4n) is 2.43. The molecule has 3 nitrogen and oxygen atoms in total. The first kappa shape index (κ1) is 16.5. The molecule has 0 saturated carbocycles. The summed E-state index contributed by atoms with van der Waals surface area (Å²) in [6.45, 7) is 1.75. The molecule has 3 rings (SSSR count). The lowest BCUT2D eigenvalue weighted by Crippen LogP contribution is -2.18. The molecule has 21 heavy (non-hydrogen) atoms. The third-order valence-electron chi connectivity index (χ3n) is 3.48. The molecule has 0 radical (unpaired) electrons. The average molecular weight is 349 g/mol. The highest BCUT2D eigenvalue weighted by Crippen LogP contribution is 2.35. The smallest absolute Gasteiger partial charge is 0.138 e. The first-order valence-corrected chi connectivity index (χ1v) is 7.25. The van der Waals surface area contributed by atoms with Crippen molar-refractivity contribution < 1.29 is 9.15 Å². The first-order valence-electron chi connectivity index (χ1n) is 6.50. The number of halogens is 3. The van der Waals surface area contributed by atoms with Gasteiger partial charge in [0.1, 0.15) is 17.6 Å². The minimum atomic E-state index is -0.0487. The normalized spacial score (nSPS) is 18.5. The zero-order valence-corrected chi connectivity index (χ0v) is 13.8. The van der Waals surface area contributed by atoms with Crippen LogP contribution in [0, 0.1) is 0 Å². The van der Waals surface area contributed by atoms with Gasteiger partial charge < -0.3 is 9.15 Å². The number of fused-ring (bicyclic) bond motifs is 1. The quantitative estimate of drug-likeness (QED) is 0.766. The molecule has 1 unspecified atom stereocenters. The van der Waals surface area contributed by atoms with Crippen LogP contribution >= 0.6 is 35.6 Å². The van der Waals surface area contributed by atoms with Crippen molar-refractivity contribution in [3.8, 4) is 5.75 Å². The summed E-state index contributed by atoms with van der Waals surface area (Å²) in [4.78, 5) is 2.22. The Labute approximate surface area is 140 Å². The van der Waals surface area contributed by atoms with E-state index in [2.05, 4.69) is 11.9 Å². The average Bonchev–Trinajstić information content (AvgIpc) is 2.79. The van der Waals surface area contributed by atoms with Crippen LogP contribution in [0.15, 0.2) is 34.9 Å².